The molecule has 2 nitrogen and oxygen atoms in total. The lowest BCUT2D eigenvalue weighted by Crippen LogP contribution is -2.07. The lowest BCUT2D eigenvalue weighted by Gasteiger charge is -1.86. The van der Waals surface area contributed by atoms with E-state index in [9.17, 15) is 0 Å². The molecule has 0 aliphatic carbocycles. The molecule has 0 aromatic heterocycles. The van der Waals surface area contributed by atoms with E-state index in [2.05, 4.69) is 11.9 Å². The van der Waals surface area contributed by atoms with Crippen LogP contribution in [-0.2, 0) is 0 Å². The van der Waals surface area contributed by atoms with Crippen molar-refractivity contribution >= 4 is 5.84 Å². The van der Waals surface area contributed by atoms with Gasteiger partial charge in [-0.05, 0) is 19.4 Å². The van der Waals surface area contributed by atoms with Crippen molar-refractivity contribution in [1.82, 2.24) is 0 Å². The summed E-state index contributed by atoms with van der Waals surface area (Å²) in [7, 11) is 0. The average molecular weight is 110 g/mol. The Kier molecular flexibility index (Phi) is 1.08. The molecule has 1 heterocycles. The number of nitrogens with zero attached hydrogens (tertiary/aromatic N) is 1. The van der Waals surface area contributed by atoms with Gasteiger partial charge in [0.25, 0.3) is 0 Å². The fourth-order valence-electron chi connectivity index (χ4n) is 0.750. The monoisotopic (exact) mass is 110 g/mol. The Morgan fingerprint density at radius 3 is 2.25 bits per heavy atom. The zero-order valence-corrected chi connectivity index (χ0v) is 5.23. The molecule has 0 aromatic carbocycles. The first kappa shape index (κ1) is 5.35. The van der Waals surface area contributed by atoms with Gasteiger partial charge >= 0.3 is 0 Å². The average Bonchev–Trinajstić information content (AvgIpc) is 1.85. The highest BCUT2D eigenvalue weighted by Crippen LogP contribution is 2.15. The molecule has 1 aliphatic rings. The fraction of sp³-hybridized carbons (Fsp3) is 0.500. The maximum atomic E-state index is 5.42. The van der Waals surface area contributed by atoms with E-state index in [0.717, 1.165) is 18.0 Å². The molecule has 0 amide bonds. The van der Waals surface area contributed by atoms with Crippen molar-refractivity contribution < 1.29 is 0 Å². The second-order valence-electron chi connectivity index (χ2n) is 2.15. The van der Waals surface area contributed by atoms with Crippen LogP contribution in [0.5, 0.6) is 0 Å². The van der Waals surface area contributed by atoms with Crippen molar-refractivity contribution in [3.8, 4) is 0 Å². The normalized spacial score (nSPS) is 19.5. The third-order valence-electron chi connectivity index (χ3n) is 1.38. The van der Waals surface area contributed by atoms with E-state index in [0.29, 0.717) is 0 Å². The van der Waals surface area contributed by atoms with Crippen molar-refractivity contribution in [3.63, 3.8) is 0 Å². The van der Waals surface area contributed by atoms with Crippen LogP contribution in [0.25, 0.3) is 0 Å². The predicted octanol–water partition coefficient (Wildman–Crippen LogP) is 1.04. The predicted molar refractivity (Wildman–Crippen MR) is 34.6 cm³/mol. The minimum Gasteiger partial charge on any atom is -0.387 e. The van der Waals surface area contributed by atoms with Crippen molar-refractivity contribution in [2.24, 2.45) is 10.7 Å². The van der Waals surface area contributed by atoms with Crippen LogP contribution >= 0.6 is 0 Å². The van der Waals surface area contributed by atoms with Crippen LogP contribution in [0, 0.1) is 0 Å². The standard InChI is InChI=1S/C6H10N2/c1-4-3-6(7)8-5(4)2/h3H2,1-2H3,(H2,7,8). The zero-order valence-electron chi connectivity index (χ0n) is 5.23. The van der Waals surface area contributed by atoms with Crippen molar-refractivity contribution in [1.29, 1.82) is 0 Å². The second-order valence-corrected chi connectivity index (χ2v) is 2.15. The Labute approximate surface area is 49.1 Å². The van der Waals surface area contributed by atoms with Gasteiger partial charge in [-0.15, -0.1) is 0 Å². The Hall–Kier alpha value is -0.790. The molecule has 1 aliphatic heterocycles. The summed E-state index contributed by atoms with van der Waals surface area (Å²) in [4.78, 5) is 4.04. The third-order valence-corrected chi connectivity index (χ3v) is 1.38. The molecule has 0 aromatic rings. The largest absolute Gasteiger partial charge is 0.387 e. The highest BCUT2D eigenvalue weighted by atomic mass is 14.9. The fourth-order valence-corrected chi connectivity index (χ4v) is 0.750. The van der Waals surface area contributed by atoms with Crippen LogP contribution in [0.2, 0.25) is 0 Å². The van der Waals surface area contributed by atoms with Gasteiger partial charge in [-0.2, -0.15) is 0 Å². The van der Waals surface area contributed by atoms with Gasteiger partial charge < -0.3 is 5.73 Å². The summed E-state index contributed by atoms with van der Waals surface area (Å²) in [6.07, 6.45) is 0.867. The third kappa shape index (κ3) is 0.735. The number of nitrogens with two attached hydrogens (primary N) is 1. The molecular formula is C6H10N2. The Morgan fingerprint density at radius 2 is 2.12 bits per heavy atom. The van der Waals surface area contributed by atoms with Crippen molar-refractivity contribution in [2.75, 3.05) is 0 Å². The molecule has 0 unspecified atom stereocenters. The number of rotatable bonds is 0. The number of allylic oxidation sites excluding steroid dienone is 1. The van der Waals surface area contributed by atoms with Crippen molar-refractivity contribution in [3.05, 3.63) is 11.3 Å². The summed E-state index contributed by atoms with van der Waals surface area (Å²) in [5, 5.41) is 0. The topological polar surface area (TPSA) is 38.4 Å². The highest BCUT2D eigenvalue weighted by molar-refractivity contribution is 5.86. The molecule has 2 N–H and O–H groups in total. The van der Waals surface area contributed by atoms with Crippen LogP contribution in [-0.4, -0.2) is 5.84 Å². The van der Waals surface area contributed by atoms with Gasteiger partial charge in [0.2, 0.25) is 0 Å². The van der Waals surface area contributed by atoms with Crippen LogP contribution in [0.4, 0.5) is 0 Å². The van der Waals surface area contributed by atoms with Gasteiger partial charge in [0.15, 0.2) is 0 Å². The first-order valence-electron chi connectivity index (χ1n) is 2.69. The minimum absolute atomic E-state index is 0.750. The molecule has 1 rings (SSSR count). The highest BCUT2D eigenvalue weighted by Gasteiger charge is 2.05. The molecule has 2 heteroatoms. The molecule has 0 radical (unpaired) electrons. The second kappa shape index (κ2) is 1.62. The number of amidine groups is 1. The van der Waals surface area contributed by atoms with Crippen LogP contribution in [0.15, 0.2) is 16.3 Å². The Morgan fingerprint density at radius 1 is 1.50 bits per heavy atom. The first-order valence-corrected chi connectivity index (χ1v) is 2.69. The molecule has 0 fully saturated rings. The maximum Gasteiger partial charge on any atom is 0.103 e. The van der Waals surface area contributed by atoms with E-state index >= 15 is 0 Å². The van der Waals surface area contributed by atoms with Crippen LogP contribution in [0.3, 0.4) is 0 Å². The molecule has 0 saturated heterocycles. The minimum atomic E-state index is 0.750. The summed E-state index contributed by atoms with van der Waals surface area (Å²) >= 11 is 0. The summed E-state index contributed by atoms with van der Waals surface area (Å²) < 4.78 is 0. The van der Waals surface area contributed by atoms with Gasteiger partial charge in [-0.25, -0.2) is 4.99 Å². The summed E-state index contributed by atoms with van der Waals surface area (Å²) in [5.41, 5.74) is 7.80. The maximum absolute atomic E-state index is 5.42. The molecule has 0 spiro atoms. The molecule has 0 atom stereocenters. The van der Waals surface area contributed by atoms with Gasteiger partial charge in [0.05, 0.1) is 0 Å². The molecule has 0 saturated carbocycles. The van der Waals surface area contributed by atoms with E-state index in [1.807, 2.05) is 6.92 Å². The lowest BCUT2D eigenvalue weighted by molar-refractivity contribution is 1.22. The molecule has 44 valence electrons. The van der Waals surface area contributed by atoms with Gasteiger partial charge in [-0.3, -0.25) is 0 Å². The van der Waals surface area contributed by atoms with Crippen LogP contribution in [0.1, 0.15) is 20.3 Å². The lowest BCUT2D eigenvalue weighted by atomic mass is 10.2. The van der Waals surface area contributed by atoms with Crippen molar-refractivity contribution in [2.45, 2.75) is 20.3 Å². The van der Waals surface area contributed by atoms with E-state index in [1.165, 1.54) is 5.57 Å². The number of aliphatic imine (C=N–C) groups is 1. The van der Waals surface area contributed by atoms with E-state index < -0.39 is 0 Å². The number of hydrogen-bond acceptors (Lipinski definition) is 2. The van der Waals surface area contributed by atoms with Gasteiger partial charge in [-0.1, -0.05) is 0 Å². The molecular weight excluding hydrogens is 100 g/mol. The zero-order chi connectivity index (χ0) is 6.15. The van der Waals surface area contributed by atoms with E-state index in [4.69, 9.17) is 5.73 Å². The SMILES string of the molecule is CC1=C(C)N=C(N)C1. The Balaban J connectivity index is 2.79. The van der Waals surface area contributed by atoms with E-state index in [1.54, 1.807) is 0 Å². The Bertz CT molecular complexity index is 165. The van der Waals surface area contributed by atoms with Crippen LogP contribution < -0.4 is 5.73 Å². The smallest absolute Gasteiger partial charge is 0.103 e. The quantitative estimate of drug-likeness (QED) is 0.497. The summed E-state index contributed by atoms with van der Waals surface area (Å²) in [6.45, 7) is 4.04. The molecule has 0 bridgehead atoms. The van der Waals surface area contributed by atoms with E-state index in [-0.39, 0.29) is 0 Å². The van der Waals surface area contributed by atoms with Gasteiger partial charge in [0.1, 0.15) is 5.84 Å². The molecule has 8 heavy (non-hydrogen) atoms. The van der Waals surface area contributed by atoms with Gasteiger partial charge in [0, 0.05) is 12.1 Å². The summed E-state index contributed by atoms with van der Waals surface area (Å²) in [5.74, 6) is 0.750. The number of hydrogen-bond donors (Lipinski definition) is 1. The first-order chi connectivity index (χ1) is 3.70. The summed E-state index contributed by atoms with van der Waals surface area (Å²) in [6, 6.07) is 0.